The Hall–Kier alpha value is -1.96. The van der Waals surface area contributed by atoms with Gasteiger partial charge in [-0.15, -0.1) is 0 Å². The molecule has 110 valence electrons. The van der Waals surface area contributed by atoms with Crippen molar-refractivity contribution in [3.8, 4) is 0 Å². The Balaban J connectivity index is 2.24. The average molecular weight is 326 g/mol. The van der Waals surface area contributed by atoms with E-state index in [-0.39, 0.29) is 15.7 Å². The van der Waals surface area contributed by atoms with E-state index in [1.54, 1.807) is 18.2 Å². The lowest BCUT2D eigenvalue weighted by molar-refractivity contribution is 0.102. The van der Waals surface area contributed by atoms with Gasteiger partial charge in [-0.05, 0) is 37.4 Å². The third-order valence-electron chi connectivity index (χ3n) is 2.62. The Morgan fingerprint density at radius 3 is 2.57 bits per heavy atom. The molecule has 0 fully saturated rings. The molecule has 1 amide bonds. The molecule has 2 aromatic rings. The first-order valence-electron chi connectivity index (χ1n) is 5.90. The van der Waals surface area contributed by atoms with Gasteiger partial charge in [0.2, 0.25) is 10.0 Å². The molecule has 8 heteroatoms. The van der Waals surface area contributed by atoms with Gasteiger partial charge in [0.1, 0.15) is 10.8 Å². The maximum Gasteiger partial charge on any atom is 0.274 e. The Labute approximate surface area is 127 Å². The monoisotopic (exact) mass is 325 g/mol. The van der Waals surface area contributed by atoms with Crippen LogP contribution in [0.2, 0.25) is 5.15 Å². The number of aromatic nitrogens is 1. The largest absolute Gasteiger partial charge is 0.321 e. The molecular weight excluding hydrogens is 314 g/mol. The van der Waals surface area contributed by atoms with Crippen molar-refractivity contribution in [3.05, 3.63) is 53.3 Å². The van der Waals surface area contributed by atoms with Crippen LogP contribution in [0.5, 0.6) is 0 Å². The standard InChI is InChI=1S/C13H12ClN3O3S/c1-15-21(19,20)10-5-2-4-9(8-10)16-13(18)11-6-3-7-12(14)17-11/h2-8,15H,1H3,(H,16,18). The SMILES string of the molecule is CNS(=O)(=O)c1cccc(NC(=O)c2cccc(Cl)n2)c1. The van der Waals surface area contributed by atoms with Crippen molar-refractivity contribution in [1.82, 2.24) is 9.71 Å². The van der Waals surface area contributed by atoms with Crippen molar-refractivity contribution < 1.29 is 13.2 Å². The van der Waals surface area contributed by atoms with E-state index in [2.05, 4.69) is 15.0 Å². The third kappa shape index (κ3) is 3.78. The van der Waals surface area contributed by atoms with E-state index in [1.165, 1.54) is 31.3 Å². The lowest BCUT2D eigenvalue weighted by Gasteiger charge is -2.07. The molecule has 0 spiro atoms. The molecule has 0 unspecified atom stereocenters. The average Bonchev–Trinajstić information content (AvgIpc) is 2.47. The van der Waals surface area contributed by atoms with Crippen molar-refractivity contribution in [2.75, 3.05) is 12.4 Å². The highest BCUT2D eigenvalue weighted by atomic mass is 35.5. The fourth-order valence-corrected chi connectivity index (χ4v) is 2.53. The van der Waals surface area contributed by atoms with E-state index in [4.69, 9.17) is 11.6 Å². The lowest BCUT2D eigenvalue weighted by atomic mass is 10.3. The third-order valence-corrected chi connectivity index (χ3v) is 4.24. The number of hydrogen-bond donors (Lipinski definition) is 2. The van der Waals surface area contributed by atoms with Crippen LogP contribution >= 0.6 is 11.6 Å². The van der Waals surface area contributed by atoms with Gasteiger partial charge in [-0.2, -0.15) is 0 Å². The summed E-state index contributed by atoms with van der Waals surface area (Å²) in [6.07, 6.45) is 0. The molecule has 0 radical (unpaired) electrons. The topological polar surface area (TPSA) is 88.2 Å². The first-order valence-corrected chi connectivity index (χ1v) is 7.76. The molecular formula is C13H12ClN3O3S. The summed E-state index contributed by atoms with van der Waals surface area (Å²) in [6.45, 7) is 0. The van der Waals surface area contributed by atoms with Gasteiger partial charge in [-0.25, -0.2) is 18.1 Å². The van der Waals surface area contributed by atoms with Gasteiger partial charge in [-0.1, -0.05) is 23.7 Å². The predicted molar refractivity (Wildman–Crippen MR) is 79.9 cm³/mol. The van der Waals surface area contributed by atoms with Crippen LogP contribution in [0.3, 0.4) is 0 Å². The van der Waals surface area contributed by atoms with Crippen LogP contribution in [0.15, 0.2) is 47.4 Å². The molecule has 0 aliphatic heterocycles. The number of rotatable bonds is 4. The lowest BCUT2D eigenvalue weighted by Crippen LogP contribution is -2.19. The van der Waals surface area contributed by atoms with Crippen LogP contribution in [0.4, 0.5) is 5.69 Å². The van der Waals surface area contributed by atoms with Crippen LogP contribution in [0, 0.1) is 0 Å². The normalized spacial score (nSPS) is 11.1. The molecule has 0 saturated carbocycles. The van der Waals surface area contributed by atoms with Crippen LogP contribution in [-0.4, -0.2) is 26.4 Å². The minimum Gasteiger partial charge on any atom is -0.321 e. The summed E-state index contributed by atoms with van der Waals surface area (Å²) in [6, 6.07) is 10.6. The minimum atomic E-state index is -3.57. The van der Waals surface area contributed by atoms with E-state index in [0.717, 1.165) is 0 Å². The number of carbonyl (C=O) groups is 1. The Morgan fingerprint density at radius 2 is 1.90 bits per heavy atom. The molecule has 0 saturated heterocycles. The molecule has 2 N–H and O–H groups in total. The van der Waals surface area contributed by atoms with Crippen molar-refractivity contribution in [3.63, 3.8) is 0 Å². The number of nitrogens with one attached hydrogen (secondary N) is 2. The number of carbonyl (C=O) groups excluding carboxylic acids is 1. The van der Waals surface area contributed by atoms with E-state index < -0.39 is 15.9 Å². The second kappa shape index (κ2) is 6.21. The van der Waals surface area contributed by atoms with Crippen LogP contribution < -0.4 is 10.0 Å². The number of benzene rings is 1. The van der Waals surface area contributed by atoms with Crippen molar-refractivity contribution >= 4 is 33.2 Å². The number of pyridine rings is 1. The minimum absolute atomic E-state index is 0.0573. The quantitative estimate of drug-likeness (QED) is 0.840. The maximum atomic E-state index is 12.0. The van der Waals surface area contributed by atoms with E-state index in [0.29, 0.717) is 5.69 Å². The maximum absolute atomic E-state index is 12.0. The van der Waals surface area contributed by atoms with Gasteiger partial charge in [-0.3, -0.25) is 4.79 Å². The highest BCUT2D eigenvalue weighted by molar-refractivity contribution is 7.89. The highest BCUT2D eigenvalue weighted by Crippen LogP contribution is 2.16. The summed E-state index contributed by atoms with van der Waals surface area (Å²) in [4.78, 5) is 15.9. The number of hydrogen-bond acceptors (Lipinski definition) is 4. The molecule has 1 aromatic heterocycles. The molecule has 1 heterocycles. The van der Waals surface area contributed by atoms with E-state index in [9.17, 15) is 13.2 Å². The molecule has 1 aromatic carbocycles. The molecule has 6 nitrogen and oxygen atoms in total. The summed E-state index contributed by atoms with van der Waals surface area (Å²) < 4.78 is 25.6. The van der Waals surface area contributed by atoms with E-state index in [1.807, 2.05) is 0 Å². The summed E-state index contributed by atoms with van der Waals surface area (Å²) in [5.41, 5.74) is 0.488. The molecule has 21 heavy (non-hydrogen) atoms. The predicted octanol–water partition coefficient (Wildman–Crippen LogP) is 1.90. The van der Waals surface area contributed by atoms with Gasteiger partial charge in [0.15, 0.2) is 0 Å². The van der Waals surface area contributed by atoms with Gasteiger partial charge in [0.25, 0.3) is 5.91 Å². The van der Waals surface area contributed by atoms with Crippen molar-refractivity contribution in [2.45, 2.75) is 4.90 Å². The van der Waals surface area contributed by atoms with Gasteiger partial charge in [0, 0.05) is 5.69 Å². The van der Waals surface area contributed by atoms with Crippen LogP contribution in [-0.2, 0) is 10.0 Å². The van der Waals surface area contributed by atoms with Crippen LogP contribution in [0.25, 0.3) is 0 Å². The second-order valence-electron chi connectivity index (χ2n) is 4.04. The van der Waals surface area contributed by atoms with Crippen molar-refractivity contribution in [1.29, 1.82) is 0 Å². The molecule has 0 aliphatic carbocycles. The number of halogens is 1. The zero-order valence-electron chi connectivity index (χ0n) is 11.0. The fourth-order valence-electron chi connectivity index (χ4n) is 1.59. The summed E-state index contributed by atoms with van der Waals surface area (Å²) in [5.74, 6) is -0.475. The number of sulfonamides is 1. The zero-order chi connectivity index (χ0) is 15.5. The number of amides is 1. The molecule has 0 atom stereocenters. The summed E-state index contributed by atoms with van der Waals surface area (Å²) >= 11 is 5.72. The fraction of sp³-hybridized carbons (Fsp3) is 0.0769. The Morgan fingerprint density at radius 1 is 1.19 bits per heavy atom. The first-order chi connectivity index (χ1) is 9.92. The van der Waals surface area contributed by atoms with Crippen molar-refractivity contribution in [2.24, 2.45) is 0 Å². The summed E-state index contributed by atoms with van der Waals surface area (Å²) in [7, 11) is -2.25. The van der Waals surface area contributed by atoms with Gasteiger partial charge >= 0.3 is 0 Å². The zero-order valence-corrected chi connectivity index (χ0v) is 12.6. The Bertz CT molecular complexity index is 778. The summed E-state index contributed by atoms with van der Waals surface area (Å²) in [5, 5.41) is 2.77. The van der Waals surface area contributed by atoms with Crippen LogP contribution in [0.1, 0.15) is 10.5 Å². The molecule has 0 bridgehead atoms. The molecule has 2 rings (SSSR count). The van der Waals surface area contributed by atoms with Gasteiger partial charge in [0.05, 0.1) is 4.90 Å². The Kier molecular flexibility index (Phi) is 4.56. The number of anilines is 1. The van der Waals surface area contributed by atoms with Gasteiger partial charge < -0.3 is 5.32 Å². The highest BCUT2D eigenvalue weighted by Gasteiger charge is 2.13. The smallest absolute Gasteiger partial charge is 0.274 e. The molecule has 0 aliphatic rings. The number of nitrogens with zero attached hydrogens (tertiary/aromatic N) is 1. The van der Waals surface area contributed by atoms with E-state index >= 15 is 0 Å². The second-order valence-corrected chi connectivity index (χ2v) is 6.31. The first kappa shape index (κ1) is 15.4.